The fourth-order valence-corrected chi connectivity index (χ4v) is 4.52. The number of rotatable bonds is 4. The van der Waals surface area contributed by atoms with Gasteiger partial charge in [0.25, 0.3) is 0 Å². The van der Waals surface area contributed by atoms with Crippen LogP contribution in [0.15, 0.2) is 30.3 Å². The first kappa shape index (κ1) is 17.4. The number of carbonyl (C=O) groups excluding carboxylic acids is 1. The predicted molar refractivity (Wildman–Crippen MR) is 92.7 cm³/mol. The topological polar surface area (TPSA) is 83.7 Å². The molecule has 132 valence electrons. The van der Waals surface area contributed by atoms with Crippen LogP contribution in [-0.4, -0.2) is 55.6 Å². The smallest absolute Gasteiger partial charge is 0.244 e. The second kappa shape index (κ2) is 7.21. The highest BCUT2D eigenvalue weighted by Gasteiger charge is 2.39. The van der Waals surface area contributed by atoms with Gasteiger partial charge >= 0.3 is 0 Å². The second-order valence-corrected chi connectivity index (χ2v) is 8.54. The molecule has 3 rings (SSSR count). The average molecular weight is 351 g/mol. The van der Waals surface area contributed by atoms with E-state index in [0.29, 0.717) is 19.5 Å². The number of primary sulfonamides is 1. The first-order valence-corrected chi connectivity index (χ1v) is 10.2. The van der Waals surface area contributed by atoms with Crippen LogP contribution >= 0.6 is 0 Å². The maximum Gasteiger partial charge on any atom is 0.244 e. The molecule has 0 saturated carbocycles. The average Bonchev–Trinajstić information content (AvgIpc) is 3.07. The Morgan fingerprint density at radius 1 is 1.08 bits per heavy atom. The number of sulfonamides is 1. The second-order valence-electron chi connectivity index (χ2n) is 6.69. The zero-order valence-electron chi connectivity index (χ0n) is 13.8. The van der Waals surface area contributed by atoms with Crippen molar-refractivity contribution in [1.29, 1.82) is 0 Å². The molecule has 2 aliphatic rings. The molecule has 2 atom stereocenters. The largest absolute Gasteiger partial charge is 0.341 e. The number of nitrogens with zero attached hydrogens (tertiary/aromatic N) is 2. The highest BCUT2D eigenvalue weighted by Crippen LogP contribution is 2.29. The van der Waals surface area contributed by atoms with E-state index < -0.39 is 21.3 Å². The maximum atomic E-state index is 13.1. The van der Waals surface area contributed by atoms with E-state index in [9.17, 15) is 13.2 Å². The molecule has 2 N–H and O–H groups in total. The molecule has 0 spiro atoms. The van der Waals surface area contributed by atoms with Gasteiger partial charge in [0.1, 0.15) is 6.04 Å². The highest BCUT2D eigenvalue weighted by atomic mass is 32.2. The number of hydrogen-bond donors (Lipinski definition) is 1. The lowest BCUT2D eigenvalue weighted by molar-refractivity contribution is -0.137. The van der Waals surface area contributed by atoms with Crippen molar-refractivity contribution in [3.8, 4) is 0 Å². The third-order valence-corrected chi connectivity index (χ3v) is 6.34. The molecule has 0 aromatic heterocycles. The molecule has 2 aliphatic heterocycles. The molecule has 0 bridgehead atoms. The molecule has 0 unspecified atom stereocenters. The lowest BCUT2D eigenvalue weighted by atomic mass is 10.0. The summed E-state index contributed by atoms with van der Waals surface area (Å²) >= 11 is 0. The zero-order chi connectivity index (χ0) is 17.2. The Morgan fingerprint density at radius 3 is 2.33 bits per heavy atom. The number of likely N-dealkylation sites (tertiary alicyclic amines) is 2. The standard InChI is InChI=1S/C17H25N3O3S/c18-24(22,23)15-9-12-20(13-15)16(14-7-3-1-4-8-14)17(21)19-10-5-2-6-11-19/h1,3-4,7-8,15-16H,2,5-6,9-13H2,(H2,18,22,23)/t15-,16+/m0/s1. The molecule has 24 heavy (non-hydrogen) atoms. The molecule has 7 heteroatoms. The molecule has 1 aromatic rings. The monoisotopic (exact) mass is 351 g/mol. The van der Waals surface area contributed by atoms with Gasteiger partial charge in [-0.05, 0) is 31.2 Å². The Balaban J connectivity index is 1.84. The zero-order valence-corrected chi connectivity index (χ0v) is 14.6. The van der Waals surface area contributed by atoms with Crippen LogP contribution in [0.3, 0.4) is 0 Å². The van der Waals surface area contributed by atoms with Crippen LogP contribution in [0, 0.1) is 0 Å². The Bertz CT molecular complexity index is 672. The molecule has 2 saturated heterocycles. The van der Waals surface area contributed by atoms with Gasteiger partial charge in [0, 0.05) is 26.2 Å². The normalized spacial score (nSPS) is 24.0. The van der Waals surface area contributed by atoms with E-state index >= 15 is 0 Å². The van der Waals surface area contributed by atoms with E-state index in [1.54, 1.807) is 0 Å². The van der Waals surface area contributed by atoms with Gasteiger partial charge in [-0.15, -0.1) is 0 Å². The lowest BCUT2D eigenvalue weighted by Gasteiger charge is -2.34. The quantitative estimate of drug-likeness (QED) is 0.880. The van der Waals surface area contributed by atoms with Crippen molar-refractivity contribution in [2.75, 3.05) is 26.2 Å². The van der Waals surface area contributed by atoms with Gasteiger partial charge in [-0.2, -0.15) is 0 Å². The third-order valence-electron chi connectivity index (χ3n) is 5.02. The van der Waals surface area contributed by atoms with E-state index in [0.717, 1.165) is 37.9 Å². The van der Waals surface area contributed by atoms with Crippen LogP contribution in [0.5, 0.6) is 0 Å². The third kappa shape index (κ3) is 3.79. The van der Waals surface area contributed by atoms with Crippen molar-refractivity contribution in [2.45, 2.75) is 37.0 Å². The molecular weight excluding hydrogens is 326 g/mol. The number of hydrogen-bond acceptors (Lipinski definition) is 4. The summed E-state index contributed by atoms with van der Waals surface area (Å²) in [4.78, 5) is 17.0. The Hall–Kier alpha value is -1.44. The molecule has 2 heterocycles. The van der Waals surface area contributed by atoms with Crippen LogP contribution in [0.4, 0.5) is 0 Å². The number of carbonyl (C=O) groups is 1. The van der Waals surface area contributed by atoms with Gasteiger partial charge in [-0.25, -0.2) is 13.6 Å². The van der Waals surface area contributed by atoms with Gasteiger partial charge in [0.15, 0.2) is 0 Å². The predicted octanol–water partition coefficient (Wildman–Crippen LogP) is 1.10. The Morgan fingerprint density at radius 2 is 1.75 bits per heavy atom. The number of nitrogens with two attached hydrogens (primary N) is 1. The number of benzene rings is 1. The van der Waals surface area contributed by atoms with Crippen molar-refractivity contribution >= 4 is 15.9 Å². The molecule has 1 amide bonds. The van der Waals surface area contributed by atoms with Crippen molar-refractivity contribution < 1.29 is 13.2 Å². The molecule has 1 aromatic carbocycles. The molecule has 2 fully saturated rings. The first-order chi connectivity index (χ1) is 11.5. The minimum atomic E-state index is -3.57. The van der Waals surface area contributed by atoms with E-state index in [4.69, 9.17) is 5.14 Å². The van der Waals surface area contributed by atoms with Crippen LogP contribution in [0.2, 0.25) is 0 Å². The highest BCUT2D eigenvalue weighted by molar-refractivity contribution is 7.89. The summed E-state index contributed by atoms with van der Waals surface area (Å²) < 4.78 is 23.3. The van der Waals surface area contributed by atoms with E-state index in [2.05, 4.69) is 0 Å². The minimum absolute atomic E-state index is 0.0796. The molecular formula is C17H25N3O3S. The summed E-state index contributed by atoms with van der Waals surface area (Å²) in [6.07, 6.45) is 3.71. The summed E-state index contributed by atoms with van der Waals surface area (Å²) in [5.41, 5.74) is 0.920. The molecule has 6 nitrogen and oxygen atoms in total. The van der Waals surface area contributed by atoms with Gasteiger partial charge in [-0.1, -0.05) is 30.3 Å². The fourth-order valence-electron chi connectivity index (χ4n) is 3.69. The van der Waals surface area contributed by atoms with Gasteiger partial charge < -0.3 is 4.90 Å². The van der Waals surface area contributed by atoms with E-state index in [1.807, 2.05) is 40.1 Å². The minimum Gasteiger partial charge on any atom is -0.341 e. The molecule has 0 radical (unpaired) electrons. The van der Waals surface area contributed by atoms with Crippen molar-refractivity contribution in [2.24, 2.45) is 5.14 Å². The SMILES string of the molecule is NS(=O)(=O)[C@H]1CCN([C@@H](C(=O)N2CCCCC2)c2ccccc2)C1. The van der Waals surface area contributed by atoms with Crippen LogP contribution in [-0.2, 0) is 14.8 Å². The van der Waals surface area contributed by atoms with Crippen molar-refractivity contribution in [1.82, 2.24) is 9.80 Å². The van der Waals surface area contributed by atoms with Crippen LogP contribution in [0.1, 0.15) is 37.3 Å². The van der Waals surface area contributed by atoms with Crippen molar-refractivity contribution in [3.05, 3.63) is 35.9 Å². The number of piperidine rings is 1. The van der Waals surface area contributed by atoms with Gasteiger partial charge in [0.05, 0.1) is 5.25 Å². The summed E-state index contributed by atoms with van der Waals surface area (Å²) in [6.45, 7) is 2.46. The lowest BCUT2D eigenvalue weighted by Crippen LogP contribution is -2.45. The summed E-state index contributed by atoms with van der Waals surface area (Å²) in [5, 5.41) is 4.73. The first-order valence-electron chi connectivity index (χ1n) is 8.56. The maximum absolute atomic E-state index is 13.1. The van der Waals surface area contributed by atoms with Crippen LogP contribution in [0.25, 0.3) is 0 Å². The summed E-state index contributed by atoms with van der Waals surface area (Å²) in [5.74, 6) is 0.0796. The van der Waals surface area contributed by atoms with E-state index in [-0.39, 0.29) is 5.91 Å². The van der Waals surface area contributed by atoms with Gasteiger partial charge in [0.2, 0.25) is 15.9 Å². The Labute approximate surface area is 143 Å². The fraction of sp³-hybridized carbons (Fsp3) is 0.588. The number of amides is 1. The summed E-state index contributed by atoms with van der Waals surface area (Å²) in [6, 6.07) is 9.21. The van der Waals surface area contributed by atoms with Crippen LogP contribution < -0.4 is 5.14 Å². The van der Waals surface area contributed by atoms with Gasteiger partial charge in [-0.3, -0.25) is 9.69 Å². The molecule has 0 aliphatic carbocycles. The Kier molecular flexibility index (Phi) is 5.22. The van der Waals surface area contributed by atoms with E-state index in [1.165, 1.54) is 0 Å². The summed E-state index contributed by atoms with van der Waals surface area (Å²) in [7, 11) is -3.57. The van der Waals surface area contributed by atoms with Crippen molar-refractivity contribution in [3.63, 3.8) is 0 Å².